The molecule has 0 spiro atoms. The molecule has 0 bridgehead atoms. The maximum Gasteiger partial charge on any atom is 0.416 e. The molecule has 1 unspecified atom stereocenters. The molecule has 19 heavy (non-hydrogen) atoms. The van der Waals surface area contributed by atoms with Crippen molar-refractivity contribution in [2.45, 2.75) is 32.0 Å². The summed E-state index contributed by atoms with van der Waals surface area (Å²) in [5.41, 5.74) is 0.0494. The molecule has 0 aliphatic carbocycles. The standard InChI is InChI=1S/C13H16F3NO2/c1-8(7-17-9(2)12(18)19)10-3-5-11(6-4-10)13(14,15)16/h3-6,8-9,17H,7H2,1-2H3,(H,18,19)/t8?,9-/m0/s1. The maximum atomic E-state index is 12.4. The zero-order valence-corrected chi connectivity index (χ0v) is 10.7. The van der Waals surface area contributed by atoms with Crippen molar-refractivity contribution >= 4 is 5.97 Å². The van der Waals surface area contributed by atoms with E-state index in [0.717, 1.165) is 17.7 Å². The average Bonchev–Trinajstić information content (AvgIpc) is 2.34. The molecule has 1 aromatic rings. The van der Waals surface area contributed by atoms with Crippen LogP contribution in [0.1, 0.15) is 30.9 Å². The smallest absolute Gasteiger partial charge is 0.416 e. The molecule has 2 N–H and O–H groups in total. The number of carbonyl (C=O) groups is 1. The van der Waals surface area contributed by atoms with E-state index in [-0.39, 0.29) is 5.92 Å². The second-order valence-corrected chi connectivity index (χ2v) is 4.49. The summed E-state index contributed by atoms with van der Waals surface area (Å²) in [4.78, 5) is 10.6. The van der Waals surface area contributed by atoms with E-state index >= 15 is 0 Å². The predicted octanol–water partition coefficient (Wildman–Crippen LogP) is 2.87. The Morgan fingerprint density at radius 3 is 2.21 bits per heavy atom. The van der Waals surface area contributed by atoms with Crippen LogP contribution in [-0.4, -0.2) is 23.7 Å². The van der Waals surface area contributed by atoms with Crippen LogP contribution >= 0.6 is 0 Å². The summed E-state index contributed by atoms with van der Waals surface area (Å²) >= 11 is 0. The first-order valence-electron chi connectivity index (χ1n) is 5.85. The number of rotatable bonds is 5. The zero-order valence-electron chi connectivity index (χ0n) is 10.7. The predicted molar refractivity (Wildman–Crippen MR) is 65.0 cm³/mol. The van der Waals surface area contributed by atoms with Gasteiger partial charge in [0.1, 0.15) is 6.04 Å². The van der Waals surface area contributed by atoms with Crippen LogP contribution in [0.2, 0.25) is 0 Å². The van der Waals surface area contributed by atoms with Crippen molar-refractivity contribution in [3.8, 4) is 0 Å². The Bertz CT molecular complexity index is 429. The number of carboxylic acids is 1. The molecule has 0 saturated heterocycles. The molecule has 3 nitrogen and oxygen atoms in total. The Morgan fingerprint density at radius 2 is 1.79 bits per heavy atom. The summed E-state index contributed by atoms with van der Waals surface area (Å²) in [5.74, 6) is -1.02. The van der Waals surface area contributed by atoms with Crippen LogP contribution in [0, 0.1) is 0 Å². The second-order valence-electron chi connectivity index (χ2n) is 4.49. The molecular formula is C13H16F3NO2. The summed E-state index contributed by atoms with van der Waals surface area (Å²) < 4.78 is 37.2. The molecule has 1 rings (SSSR count). The van der Waals surface area contributed by atoms with Crippen LogP contribution in [0.4, 0.5) is 13.2 Å². The Kier molecular flexibility index (Phi) is 4.94. The van der Waals surface area contributed by atoms with E-state index < -0.39 is 23.8 Å². The minimum Gasteiger partial charge on any atom is -0.480 e. The van der Waals surface area contributed by atoms with Crippen molar-refractivity contribution in [1.29, 1.82) is 0 Å². The lowest BCUT2D eigenvalue weighted by Gasteiger charge is -2.16. The normalized spacial score (nSPS) is 15.0. The van der Waals surface area contributed by atoms with Crippen molar-refractivity contribution in [1.82, 2.24) is 5.32 Å². The Balaban J connectivity index is 2.63. The number of aliphatic carboxylic acids is 1. The summed E-state index contributed by atoms with van der Waals surface area (Å²) in [6, 6.07) is 4.22. The van der Waals surface area contributed by atoms with E-state index in [9.17, 15) is 18.0 Å². The van der Waals surface area contributed by atoms with Crippen LogP contribution in [0.25, 0.3) is 0 Å². The molecule has 106 valence electrons. The highest BCUT2D eigenvalue weighted by Crippen LogP contribution is 2.30. The number of alkyl halides is 3. The van der Waals surface area contributed by atoms with Gasteiger partial charge in [-0.3, -0.25) is 4.79 Å². The lowest BCUT2D eigenvalue weighted by molar-refractivity contribution is -0.139. The Hall–Kier alpha value is -1.56. The van der Waals surface area contributed by atoms with Gasteiger partial charge in [0, 0.05) is 6.54 Å². The molecule has 0 radical (unpaired) electrons. The van der Waals surface area contributed by atoms with Crippen LogP contribution in [0.5, 0.6) is 0 Å². The largest absolute Gasteiger partial charge is 0.480 e. The van der Waals surface area contributed by atoms with E-state index in [2.05, 4.69) is 5.32 Å². The van der Waals surface area contributed by atoms with Crippen molar-refractivity contribution in [2.75, 3.05) is 6.54 Å². The molecule has 0 fully saturated rings. The highest BCUT2D eigenvalue weighted by Gasteiger charge is 2.30. The number of carboxylic acid groups (broad SMARTS) is 1. The van der Waals surface area contributed by atoms with Crippen LogP contribution in [0.3, 0.4) is 0 Å². The molecule has 6 heteroatoms. The van der Waals surface area contributed by atoms with E-state index in [1.165, 1.54) is 19.1 Å². The quantitative estimate of drug-likeness (QED) is 0.868. The van der Waals surface area contributed by atoms with Gasteiger partial charge >= 0.3 is 12.1 Å². The van der Waals surface area contributed by atoms with E-state index in [1.54, 1.807) is 0 Å². The SMILES string of the molecule is CC(CN[C@@H](C)C(=O)O)c1ccc(C(F)(F)F)cc1. The fourth-order valence-electron chi connectivity index (χ4n) is 1.56. The van der Waals surface area contributed by atoms with Gasteiger partial charge in [0.2, 0.25) is 0 Å². The van der Waals surface area contributed by atoms with Gasteiger partial charge in [0.15, 0.2) is 0 Å². The van der Waals surface area contributed by atoms with Gasteiger partial charge in [-0.25, -0.2) is 0 Å². The molecule has 2 atom stereocenters. The third-order valence-corrected chi connectivity index (χ3v) is 2.91. The average molecular weight is 275 g/mol. The van der Waals surface area contributed by atoms with Gasteiger partial charge in [-0.05, 0) is 30.5 Å². The van der Waals surface area contributed by atoms with Crippen LogP contribution in [-0.2, 0) is 11.0 Å². The maximum absolute atomic E-state index is 12.4. The summed E-state index contributed by atoms with van der Waals surface area (Å²) in [6.07, 6.45) is -4.34. The summed E-state index contributed by atoms with van der Waals surface area (Å²) in [6.45, 7) is 3.73. The Labute approximate surface area is 109 Å². The highest BCUT2D eigenvalue weighted by atomic mass is 19.4. The van der Waals surface area contributed by atoms with Gasteiger partial charge in [0.05, 0.1) is 5.56 Å². The van der Waals surface area contributed by atoms with Gasteiger partial charge in [-0.1, -0.05) is 19.1 Å². The van der Waals surface area contributed by atoms with Gasteiger partial charge < -0.3 is 10.4 Å². The fraction of sp³-hybridized carbons (Fsp3) is 0.462. The van der Waals surface area contributed by atoms with E-state index in [4.69, 9.17) is 5.11 Å². The number of hydrogen-bond acceptors (Lipinski definition) is 2. The van der Waals surface area contributed by atoms with Gasteiger partial charge in [0.25, 0.3) is 0 Å². The highest BCUT2D eigenvalue weighted by molar-refractivity contribution is 5.72. The van der Waals surface area contributed by atoms with E-state index in [0.29, 0.717) is 6.54 Å². The lowest BCUT2D eigenvalue weighted by Crippen LogP contribution is -2.35. The topological polar surface area (TPSA) is 49.3 Å². The van der Waals surface area contributed by atoms with E-state index in [1.807, 2.05) is 6.92 Å². The first-order chi connectivity index (χ1) is 8.71. The molecule has 1 aromatic carbocycles. The van der Waals surface area contributed by atoms with Gasteiger partial charge in [-0.15, -0.1) is 0 Å². The lowest BCUT2D eigenvalue weighted by atomic mass is 9.99. The van der Waals surface area contributed by atoms with Crippen molar-refractivity contribution in [2.24, 2.45) is 0 Å². The van der Waals surface area contributed by atoms with Crippen molar-refractivity contribution in [3.05, 3.63) is 35.4 Å². The summed E-state index contributed by atoms with van der Waals surface area (Å²) in [5, 5.41) is 11.5. The number of nitrogens with one attached hydrogen (secondary N) is 1. The van der Waals surface area contributed by atoms with Crippen LogP contribution in [0.15, 0.2) is 24.3 Å². The third-order valence-electron chi connectivity index (χ3n) is 2.91. The molecule has 0 aliphatic rings. The van der Waals surface area contributed by atoms with Crippen molar-refractivity contribution in [3.63, 3.8) is 0 Å². The number of halogens is 3. The molecule has 0 saturated carbocycles. The van der Waals surface area contributed by atoms with Gasteiger partial charge in [-0.2, -0.15) is 13.2 Å². The molecule has 0 aromatic heterocycles. The molecule has 0 aliphatic heterocycles. The molecular weight excluding hydrogens is 259 g/mol. The minimum absolute atomic E-state index is 0.0657. The minimum atomic E-state index is -4.34. The van der Waals surface area contributed by atoms with Crippen molar-refractivity contribution < 1.29 is 23.1 Å². The Morgan fingerprint density at radius 1 is 1.26 bits per heavy atom. The summed E-state index contributed by atoms with van der Waals surface area (Å²) in [7, 11) is 0. The second kappa shape index (κ2) is 6.06. The molecule has 0 heterocycles. The first kappa shape index (κ1) is 15.5. The fourth-order valence-corrected chi connectivity index (χ4v) is 1.56. The number of benzene rings is 1. The molecule has 0 amide bonds. The third kappa shape index (κ3) is 4.55. The van der Waals surface area contributed by atoms with Crippen LogP contribution < -0.4 is 5.32 Å². The first-order valence-corrected chi connectivity index (χ1v) is 5.85. The zero-order chi connectivity index (χ0) is 14.6. The number of hydrogen-bond donors (Lipinski definition) is 2. The monoisotopic (exact) mass is 275 g/mol.